The number of hydrogen-bond acceptors (Lipinski definition) is 6. The van der Waals surface area contributed by atoms with Gasteiger partial charge in [0.1, 0.15) is 18.0 Å². The SMILES string of the molecule is CCCN(C)c1cc(N2CCOC(CN)C2)ncn1. The van der Waals surface area contributed by atoms with Gasteiger partial charge in [0.2, 0.25) is 0 Å². The number of nitrogens with two attached hydrogens (primary N) is 1. The normalized spacial score (nSPS) is 19.5. The van der Waals surface area contributed by atoms with Crippen LogP contribution >= 0.6 is 0 Å². The van der Waals surface area contributed by atoms with Crippen molar-refractivity contribution in [3.05, 3.63) is 12.4 Å². The van der Waals surface area contributed by atoms with E-state index in [0.717, 1.165) is 37.7 Å². The van der Waals surface area contributed by atoms with Crippen molar-refractivity contribution in [2.24, 2.45) is 5.73 Å². The van der Waals surface area contributed by atoms with Crippen molar-refractivity contribution < 1.29 is 4.74 Å². The summed E-state index contributed by atoms with van der Waals surface area (Å²) in [6.07, 6.45) is 2.83. The van der Waals surface area contributed by atoms with Crippen LogP contribution < -0.4 is 15.5 Å². The molecular formula is C13H23N5O. The van der Waals surface area contributed by atoms with Gasteiger partial charge in [0.15, 0.2) is 0 Å². The van der Waals surface area contributed by atoms with Crippen molar-refractivity contribution in [3.8, 4) is 0 Å². The molecule has 6 heteroatoms. The van der Waals surface area contributed by atoms with Crippen molar-refractivity contribution in [2.75, 3.05) is 49.6 Å². The highest BCUT2D eigenvalue weighted by atomic mass is 16.5. The average molecular weight is 265 g/mol. The van der Waals surface area contributed by atoms with Crippen LogP contribution in [-0.4, -0.2) is 55.9 Å². The molecule has 1 aromatic heterocycles. The molecule has 1 unspecified atom stereocenters. The zero-order valence-electron chi connectivity index (χ0n) is 11.7. The standard InChI is InChI=1S/C13H23N5O/c1-3-4-17(2)12-7-13(16-10-15-12)18-5-6-19-11(8-14)9-18/h7,10-11H,3-6,8-9,14H2,1-2H3. The highest BCUT2D eigenvalue weighted by Crippen LogP contribution is 2.19. The maximum atomic E-state index is 5.67. The van der Waals surface area contributed by atoms with Crippen LogP contribution in [0.25, 0.3) is 0 Å². The topological polar surface area (TPSA) is 67.5 Å². The Morgan fingerprint density at radius 1 is 1.53 bits per heavy atom. The zero-order chi connectivity index (χ0) is 13.7. The molecule has 2 N–H and O–H groups in total. The molecule has 0 radical (unpaired) electrons. The first-order valence-electron chi connectivity index (χ1n) is 6.84. The molecule has 0 spiro atoms. The number of morpholine rings is 1. The fraction of sp³-hybridized carbons (Fsp3) is 0.692. The fourth-order valence-electron chi connectivity index (χ4n) is 2.24. The number of nitrogens with zero attached hydrogens (tertiary/aromatic N) is 4. The summed E-state index contributed by atoms with van der Waals surface area (Å²) in [4.78, 5) is 13.0. The molecule has 0 amide bonds. The molecule has 2 heterocycles. The van der Waals surface area contributed by atoms with Crippen LogP contribution in [0.15, 0.2) is 12.4 Å². The van der Waals surface area contributed by atoms with E-state index >= 15 is 0 Å². The van der Waals surface area contributed by atoms with Crippen molar-refractivity contribution in [2.45, 2.75) is 19.4 Å². The molecule has 0 aromatic carbocycles. The Kier molecular flexibility index (Phi) is 4.93. The molecule has 1 aliphatic heterocycles. The van der Waals surface area contributed by atoms with Crippen LogP contribution in [0.3, 0.4) is 0 Å². The maximum Gasteiger partial charge on any atom is 0.134 e. The van der Waals surface area contributed by atoms with Crippen LogP contribution in [0, 0.1) is 0 Å². The van der Waals surface area contributed by atoms with E-state index in [1.54, 1.807) is 6.33 Å². The van der Waals surface area contributed by atoms with Crippen LogP contribution in [0.2, 0.25) is 0 Å². The molecule has 2 rings (SSSR count). The second-order valence-corrected chi connectivity index (χ2v) is 4.83. The molecule has 0 aliphatic carbocycles. The second-order valence-electron chi connectivity index (χ2n) is 4.83. The summed E-state index contributed by atoms with van der Waals surface area (Å²) in [5, 5.41) is 0. The first-order chi connectivity index (χ1) is 9.24. The lowest BCUT2D eigenvalue weighted by atomic mass is 10.2. The molecule has 1 aromatic rings. The van der Waals surface area contributed by atoms with E-state index in [9.17, 15) is 0 Å². The third-order valence-corrected chi connectivity index (χ3v) is 3.31. The van der Waals surface area contributed by atoms with Gasteiger partial charge in [-0.1, -0.05) is 6.92 Å². The Hall–Kier alpha value is -1.40. The van der Waals surface area contributed by atoms with Gasteiger partial charge >= 0.3 is 0 Å². The quantitative estimate of drug-likeness (QED) is 0.835. The predicted octanol–water partition coefficient (Wildman–Crippen LogP) is 0.487. The Labute approximate surface area is 114 Å². The second kappa shape index (κ2) is 6.68. The van der Waals surface area contributed by atoms with Crippen LogP contribution in [0.4, 0.5) is 11.6 Å². The number of ether oxygens (including phenoxy) is 1. The third kappa shape index (κ3) is 3.54. The average Bonchev–Trinajstić information content (AvgIpc) is 2.48. The predicted molar refractivity (Wildman–Crippen MR) is 76.6 cm³/mol. The summed E-state index contributed by atoms with van der Waals surface area (Å²) in [5.41, 5.74) is 5.67. The molecule has 1 saturated heterocycles. The van der Waals surface area contributed by atoms with Crippen molar-refractivity contribution in [3.63, 3.8) is 0 Å². The molecule has 6 nitrogen and oxygen atoms in total. The minimum Gasteiger partial charge on any atom is -0.373 e. The molecule has 0 saturated carbocycles. The molecule has 106 valence electrons. The number of hydrogen-bond donors (Lipinski definition) is 1. The summed E-state index contributed by atoms with van der Waals surface area (Å²) >= 11 is 0. The molecule has 1 aliphatic rings. The van der Waals surface area contributed by atoms with Gasteiger partial charge in [-0.05, 0) is 6.42 Å². The number of aromatic nitrogens is 2. The highest BCUT2D eigenvalue weighted by molar-refractivity contribution is 5.50. The van der Waals surface area contributed by atoms with E-state index in [-0.39, 0.29) is 6.10 Å². The van der Waals surface area contributed by atoms with Crippen LogP contribution in [0.5, 0.6) is 0 Å². The Balaban J connectivity index is 2.09. The van der Waals surface area contributed by atoms with Gasteiger partial charge < -0.3 is 20.3 Å². The summed E-state index contributed by atoms with van der Waals surface area (Å²) in [6, 6.07) is 2.04. The Morgan fingerprint density at radius 3 is 3.11 bits per heavy atom. The fourth-order valence-corrected chi connectivity index (χ4v) is 2.24. The van der Waals surface area contributed by atoms with Gasteiger partial charge in [-0.15, -0.1) is 0 Å². The minimum atomic E-state index is 0.0977. The zero-order valence-corrected chi connectivity index (χ0v) is 11.7. The highest BCUT2D eigenvalue weighted by Gasteiger charge is 2.20. The van der Waals surface area contributed by atoms with E-state index in [1.807, 2.05) is 6.07 Å². The van der Waals surface area contributed by atoms with Gasteiger partial charge in [-0.2, -0.15) is 0 Å². The molecule has 0 bridgehead atoms. The van der Waals surface area contributed by atoms with Gasteiger partial charge in [-0.3, -0.25) is 0 Å². The summed E-state index contributed by atoms with van der Waals surface area (Å²) in [5.74, 6) is 1.91. The van der Waals surface area contributed by atoms with E-state index in [2.05, 4.69) is 33.7 Å². The van der Waals surface area contributed by atoms with Gasteiger partial charge in [0.05, 0.1) is 12.7 Å². The first kappa shape index (κ1) is 14.0. The molecule has 1 fully saturated rings. The summed E-state index contributed by atoms with van der Waals surface area (Å²) in [6.45, 7) is 6.04. The first-order valence-corrected chi connectivity index (χ1v) is 6.84. The van der Waals surface area contributed by atoms with E-state index in [1.165, 1.54) is 0 Å². The lowest BCUT2D eigenvalue weighted by Crippen LogP contribution is -2.46. The van der Waals surface area contributed by atoms with Crippen LogP contribution in [0.1, 0.15) is 13.3 Å². The smallest absolute Gasteiger partial charge is 0.134 e. The van der Waals surface area contributed by atoms with Crippen LogP contribution in [-0.2, 0) is 4.74 Å². The number of anilines is 2. The maximum absolute atomic E-state index is 5.67. The Bertz CT molecular complexity index is 400. The minimum absolute atomic E-state index is 0.0977. The van der Waals surface area contributed by atoms with Crippen molar-refractivity contribution in [1.82, 2.24) is 9.97 Å². The van der Waals surface area contributed by atoms with Crippen molar-refractivity contribution >= 4 is 11.6 Å². The molecule has 1 atom stereocenters. The monoisotopic (exact) mass is 265 g/mol. The molecular weight excluding hydrogens is 242 g/mol. The molecule has 19 heavy (non-hydrogen) atoms. The summed E-state index contributed by atoms with van der Waals surface area (Å²) < 4.78 is 5.57. The van der Waals surface area contributed by atoms with E-state index in [0.29, 0.717) is 13.2 Å². The lowest BCUT2D eigenvalue weighted by molar-refractivity contribution is 0.0463. The van der Waals surface area contributed by atoms with Gasteiger partial charge in [0.25, 0.3) is 0 Å². The van der Waals surface area contributed by atoms with Gasteiger partial charge in [-0.25, -0.2) is 9.97 Å². The summed E-state index contributed by atoms with van der Waals surface area (Å²) in [7, 11) is 2.05. The Morgan fingerprint density at radius 2 is 2.37 bits per heavy atom. The lowest BCUT2D eigenvalue weighted by Gasteiger charge is -2.33. The number of rotatable bonds is 5. The van der Waals surface area contributed by atoms with Gasteiger partial charge in [0, 0.05) is 39.3 Å². The van der Waals surface area contributed by atoms with Crippen molar-refractivity contribution in [1.29, 1.82) is 0 Å². The van der Waals surface area contributed by atoms with E-state index in [4.69, 9.17) is 10.5 Å². The largest absolute Gasteiger partial charge is 0.373 e. The third-order valence-electron chi connectivity index (χ3n) is 3.31. The van der Waals surface area contributed by atoms with E-state index < -0.39 is 0 Å².